The molecule has 0 saturated carbocycles. The molecule has 0 atom stereocenters. The van der Waals surface area contributed by atoms with E-state index in [4.69, 9.17) is 4.74 Å². The Kier molecular flexibility index (Phi) is 5.71. The van der Waals surface area contributed by atoms with E-state index >= 15 is 0 Å². The molecule has 1 aliphatic rings. The van der Waals surface area contributed by atoms with Crippen LogP contribution in [0.2, 0.25) is 0 Å². The van der Waals surface area contributed by atoms with Gasteiger partial charge in [-0.3, -0.25) is 4.79 Å². The number of ether oxygens (including phenoxy) is 1. The number of sulfonamides is 1. The second-order valence-corrected chi connectivity index (χ2v) is 8.36. The molecule has 138 valence electrons. The van der Waals surface area contributed by atoms with E-state index in [2.05, 4.69) is 21.2 Å². The molecule has 1 aliphatic heterocycles. The van der Waals surface area contributed by atoms with Gasteiger partial charge in [0, 0.05) is 23.2 Å². The summed E-state index contributed by atoms with van der Waals surface area (Å²) in [5.41, 5.74) is 0.577. The van der Waals surface area contributed by atoms with Crippen LogP contribution < -0.4 is 5.32 Å². The van der Waals surface area contributed by atoms with Crippen LogP contribution in [-0.4, -0.2) is 44.9 Å². The van der Waals surface area contributed by atoms with Gasteiger partial charge < -0.3 is 10.1 Å². The Morgan fingerprint density at radius 3 is 2.54 bits per heavy atom. The molecule has 1 heterocycles. The zero-order valence-corrected chi connectivity index (χ0v) is 16.0. The summed E-state index contributed by atoms with van der Waals surface area (Å²) >= 11 is 3.28. The van der Waals surface area contributed by atoms with Crippen molar-refractivity contribution >= 4 is 37.5 Å². The highest BCUT2D eigenvalue weighted by atomic mass is 79.9. The van der Waals surface area contributed by atoms with Crippen molar-refractivity contribution in [2.45, 2.75) is 4.90 Å². The second-order valence-electron chi connectivity index (χ2n) is 5.60. The Morgan fingerprint density at radius 1 is 1.15 bits per heavy atom. The van der Waals surface area contributed by atoms with Crippen molar-refractivity contribution in [2.75, 3.05) is 31.6 Å². The molecule has 2 aromatic carbocycles. The van der Waals surface area contributed by atoms with Gasteiger partial charge in [-0.1, -0.05) is 12.1 Å². The topological polar surface area (TPSA) is 75.7 Å². The van der Waals surface area contributed by atoms with Gasteiger partial charge >= 0.3 is 0 Å². The van der Waals surface area contributed by atoms with Crippen LogP contribution in [0.15, 0.2) is 51.8 Å². The van der Waals surface area contributed by atoms with Crippen LogP contribution in [0.1, 0.15) is 10.4 Å². The third-order valence-electron chi connectivity index (χ3n) is 3.90. The fraction of sp³-hybridized carbons (Fsp3) is 0.235. The Morgan fingerprint density at radius 2 is 1.85 bits per heavy atom. The number of benzene rings is 2. The smallest absolute Gasteiger partial charge is 0.256 e. The van der Waals surface area contributed by atoms with Crippen LogP contribution in [0.5, 0.6) is 0 Å². The third-order valence-corrected chi connectivity index (χ3v) is 6.50. The SMILES string of the molecule is O=C(Nc1ccc(F)c(S(=O)(=O)N2CCOCC2)c1)c1ccccc1Br. The minimum Gasteiger partial charge on any atom is -0.379 e. The van der Waals surface area contributed by atoms with E-state index in [-0.39, 0.29) is 32.0 Å². The molecule has 1 N–H and O–H groups in total. The van der Waals surface area contributed by atoms with Crippen LogP contribution in [0.4, 0.5) is 10.1 Å². The van der Waals surface area contributed by atoms with Crippen LogP contribution >= 0.6 is 15.9 Å². The van der Waals surface area contributed by atoms with E-state index in [9.17, 15) is 17.6 Å². The van der Waals surface area contributed by atoms with Gasteiger partial charge in [-0.15, -0.1) is 0 Å². The van der Waals surface area contributed by atoms with Crippen molar-refractivity contribution in [3.63, 3.8) is 0 Å². The number of morpholine rings is 1. The molecule has 0 unspecified atom stereocenters. The predicted octanol–water partition coefficient (Wildman–Crippen LogP) is 2.86. The average molecular weight is 443 g/mol. The normalized spacial score (nSPS) is 15.6. The van der Waals surface area contributed by atoms with Crippen molar-refractivity contribution in [1.82, 2.24) is 4.31 Å². The molecule has 9 heteroatoms. The maximum atomic E-state index is 14.2. The maximum Gasteiger partial charge on any atom is 0.256 e. The molecule has 1 amide bonds. The van der Waals surface area contributed by atoms with Gasteiger partial charge in [0.15, 0.2) is 0 Å². The number of nitrogens with zero attached hydrogens (tertiary/aromatic N) is 1. The zero-order chi connectivity index (χ0) is 18.7. The molecule has 6 nitrogen and oxygen atoms in total. The maximum absolute atomic E-state index is 14.2. The molecule has 3 rings (SSSR count). The molecular formula is C17H16BrFN2O4S. The second kappa shape index (κ2) is 7.83. The van der Waals surface area contributed by atoms with Crippen molar-refractivity contribution in [2.24, 2.45) is 0 Å². The van der Waals surface area contributed by atoms with Gasteiger partial charge in [0.2, 0.25) is 10.0 Å². The summed E-state index contributed by atoms with van der Waals surface area (Å²) in [5, 5.41) is 2.60. The number of amides is 1. The molecule has 0 aromatic heterocycles. The summed E-state index contributed by atoms with van der Waals surface area (Å²) in [4.78, 5) is 11.9. The third kappa shape index (κ3) is 3.96. The van der Waals surface area contributed by atoms with Gasteiger partial charge in [0.25, 0.3) is 5.91 Å². The summed E-state index contributed by atoms with van der Waals surface area (Å²) in [6.07, 6.45) is 0. The highest BCUT2D eigenvalue weighted by Crippen LogP contribution is 2.25. The molecule has 1 saturated heterocycles. The van der Waals surface area contributed by atoms with E-state index < -0.39 is 26.6 Å². The summed E-state index contributed by atoms with van der Waals surface area (Å²) in [6.45, 7) is 0.850. The number of hydrogen-bond donors (Lipinski definition) is 1. The number of hydrogen-bond acceptors (Lipinski definition) is 4. The van der Waals surface area contributed by atoms with Crippen molar-refractivity contribution in [3.05, 3.63) is 58.3 Å². The lowest BCUT2D eigenvalue weighted by Gasteiger charge is -2.26. The van der Waals surface area contributed by atoms with E-state index in [1.54, 1.807) is 24.3 Å². The fourth-order valence-corrected chi connectivity index (χ4v) is 4.51. The van der Waals surface area contributed by atoms with E-state index in [1.165, 1.54) is 10.4 Å². The van der Waals surface area contributed by atoms with Crippen molar-refractivity contribution < 1.29 is 22.3 Å². The number of halogens is 2. The highest BCUT2D eigenvalue weighted by Gasteiger charge is 2.29. The largest absolute Gasteiger partial charge is 0.379 e. The van der Waals surface area contributed by atoms with Gasteiger partial charge in [-0.05, 0) is 46.3 Å². The van der Waals surface area contributed by atoms with Gasteiger partial charge in [0.05, 0.1) is 18.8 Å². The minimum atomic E-state index is -4.01. The summed E-state index contributed by atoms with van der Waals surface area (Å²) in [7, 11) is -4.01. The Hall–Kier alpha value is -1.81. The molecular weight excluding hydrogens is 427 g/mol. The first-order valence-electron chi connectivity index (χ1n) is 7.83. The van der Waals surface area contributed by atoms with E-state index in [0.717, 1.165) is 12.1 Å². The Bertz CT molecular complexity index is 930. The molecule has 26 heavy (non-hydrogen) atoms. The zero-order valence-electron chi connectivity index (χ0n) is 13.6. The van der Waals surface area contributed by atoms with Crippen LogP contribution in [0.3, 0.4) is 0 Å². The average Bonchev–Trinajstić information content (AvgIpc) is 2.64. The summed E-state index contributed by atoms with van der Waals surface area (Å²) < 4.78 is 46.5. The van der Waals surface area contributed by atoms with Crippen LogP contribution in [0.25, 0.3) is 0 Å². The van der Waals surface area contributed by atoms with E-state index in [0.29, 0.717) is 10.0 Å². The molecule has 0 aliphatic carbocycles. The molecule has 0 bridgehead atoms. The Labute approximate surface area is 159 Å². The minimum absolute atomic E-state index is 0.162. The fourth-order valence-electron chi connectivity index (χ4n) is 2.55. The lowest BCUT2D eigenvalue weighted by molar-refractivity contribution is 0.0729. The first-order chi connectivity index (χ1) is 12.4. The summed E-state index contributed by atoms with van der Waals surface area (Å²) in [6, 6.07) is 10.3. The van der Waals surface area contributed by atoms with Crippen molar-refractivity contribution in [3.8, 4) is 0 Å². The van der Waals surface area contributed by atoms with Gasteiger partial charge in [-0.25, -0.2) is 12.8 Å². The first kappa shape index (κ1) is 19.0. The number of carbonyl (C=O) groups excluding carboxylic acids is 1. The summed E-state index contributed by atoms with van der Waals surface area (Å²) in [5.74, 6) is -1.30. The number of carbonyl (C=O) groups is 1. The highest BCUT2D eigenvalue weighted by molar-refractivity contribution is 9.10. The quantitative estimate of drug-likeness (QED) is 0.789. The van der Waals surface area contributed by atoms with Crippen molar-refractivity contribution in [1.29, 1.82) is 0 Å². The van der Waals surface area contributed by atoms with Gasteiger partial charge in [-0.2, -0.15) is 4.31 Å². The van der Waals surface area contributed by atoms with Crippen LogP contribution in [0, 0.1) is 5.82 Å². The lowest BCUT2D eigenvalue weighted by Crippen LogP contribution is -2.40. The monoisotopic (exact) mass is 442 g/mol. The first-order valence-corrected chi connectivity index (χ1v) is 10.1. The molecule has 0 radical (unpaired) electrons. The van der Waals surface area contributed by atoms with E-state index in [1.807, 2.05) is 0 Å². The molecule has 1 fully saturated rings. The van der Waals surface area contributed by atoms with Gasteiger partial charge in [0.1, 0.15) is 10.7 Å². The number of anilines is 1. The standard InChI is InChI=1S/C17H16BrFN2O4S/c18-14-4-2-1-3-13(14)17(22)20-12-5-6-15(19)16(11-12)26(23,24)21-7-9-25-10-8-21/h1-6,11H,7-10H2,(H,20,22). The van der Waals surface area contributed by atoms with Crippen LogP contribution in [-0.2, 0) is 14.8 Å². The Balaban J connectivity index is 1.88. The number of nitrogens with one attached hydrogen (secondary N) is 1. The molecule has 0 spiro atoms. The predicted molar refractivity (Wildman–Crippen MR) is 98.1 cm³/mol. The lowest BCUT2D eigenvalue weighted by atomic mass is 10.2. The number of rotatable bonds is 4. The molecule has 2 aromatic rings.